The van der Waals surface area contributed by atoms with Gasteiger partial charge in [0.1, 0.15) is 0 Å². The number of rotatable bonds is 3. The molecule has 1 aliphatic carbocycles. The normalized spacial score (nSPS) is 22.0. The number of aromatic nitrogens is 1. The lowest BCUT2D eigenvalue weighted by Gasteiger charge is -2.22. The number of nitrogens with zero attached hydrogens (tertiary/aromatic N) is 1. The lowest BCUT2D eigenvalue weighted by atomic mass is 9.81. The van der Waals surface area contributed by atoms with E-state index in [2.05, 4.69) is 0 Å². The van der Waals surface area contributed by atoms with Crippen LogP contribution in [0.15, 0.2) is 36.7 Å². The number of hydrogen-bond acceptors (Lipinski definition) is 2. The van der Waals surface area contributed by atoms with Gasteiger partial charge in [-0.15, -0.1) is 0 Å². The first-order chi connectivity index (χ1) is 8.59. The molecule has 1 aromatic rings. The highest BCUT2D eigenvalue weighted by molar-refractivity contribution is 5.81. The van der Waals surface area contributed by atoms with E-state index in [0.717, 1.165) is 5.70 Å². The van der Waals surface area contributed by atoms with Crippen LogP contribution in [-0.2, 0) is 9.59 Å². The fraction of sp³-hybridized carbons (Fsp3) is 0.308. The van der Waals surface area contributed by atoms with Gasteiger partial charge in [-0.25, -0.2) is 0 Å². The van der Waals surface area contributed by atoms with Crippen LogP contribution in [0.4, 0.5) is 0 Å². The highest BCUT2D eigenvalue weighted by Crippen LogP contribution is 2.30. The van der Waals surface area contributed by atoms with Crippen LogP contribution in [0.25, 0.3) is 5.70 Å². The Morgan fingerprint density at radius 3 is 2.16 bits per heavy atom. The summed E-state index contributed by atoms with van der Waals surface area (Å²) in [6.45, 7) is 0. The number of pyridine rings is 1. The van der Waals surface area contributed by atoms with Crippen molar-refractivity contribution in [2.75, 3.05) is 0 Å². The van der Waals surface area contributed by atoms with E-state index in [1.807, 2.05) is 35.2 Å². The molecule has 1 aromatic heterocycles. The van der Waals surface area contributed by atoms with Gasteiger partial charge < -0.3 is 27.2 Å². The van der Waals surface area contributed by atoms with E-state index in [0.29, 0.717) is 0 Å². The zero-order valence-corrected chi connectivity index (χ0v) is 11.7. The molecule has 1 aliphatic rings. The SMILES string of the molecule is O=C(O)[C@H]1CC=C([n+]2ccccc2)C[C@@H]1C(=O)O.[Br-]. The van der Waals surface area contributed by atoms with Crippen LogP contribution in [0.2, 0.25) is 0 Å². The molecular weight excluding hydrogens is 314 g/mol. The Labute approximate surface area is 121 Å². The van der Waals surface area contributed by atoms with Gasteiger partial charge >= 0.3 is 11.9 Å². The lowest BCUT2D eigenvalue weighted by molar-refractivity contribution is -0.584. The predicted molar refractivity (Wildman–Crippen MR) is 62.4 cm³/mol. The van der Waals surface area contributed by atoms with Crippen molar-refractivity contribution in [3.8, 4) is 0 Å². The minimum absolute atomic E-state index is 0. The van der Waals surface area contributed by atoms with Gasteiger partial charge in [-0.3, -0.25) is 9.59 Å². The fourth-order valence-electron chi connectivity index (χ4n) is 2.21. The van der Waals surface area contributed by atoms with Gasteiger partial charge in [-0.2, -0.15) is 4.57 Å². The van der Waals surface area contributed by atoms with Crippen molar-refractivity contribution in [2.24, 2.45) is 11.8 Å². The molecule has 19 heavy (non-hydrogen) atoms. The molecule has 6 heteroatoms. The Balaban J connectivity index is 0.00000180. The highest BCUT2D eigenvalue weighted by Gasteiger charge is 2.38. The summed E-state index contributed by atoms with van der Waals surface area (Å²) in [6, 6.07) is 5.56. The summed E-state index contributed by atoms with van der Waals surface area (Å²) in [7, 11) is 0. The third-order valence-electron chi connectivity index (χ3n) is 3.20. The molecule has 0 spiro atoms. The van der Waals surface area contributed by atoms with Crippen molar-refractivity contribution in [1.29, 1.82) is 0 Å². The Morgan fingerprint density at radius 2 is 1.63 bits per heavy atom. The third-order valence-corrected chi connectivity index (χ3v) is 3.20. The Hall–Kier alpha value is -1.69. The molecule has 0 aromatic carbocycles. The standard InChI is InChI=1S/C13H13NO4.BrH/c15-12(16)10-5-4-9(8-11(10)13(17)18)14-6-2-1-3-7-14;/h1-4,6-7,10-11H,5,8H2,(H-,15,16,17,18);1H/t10-,11-;/m0./s1. The summed E-state index contributed by atoms with van der Waals surface area (Å²) in [5.41, 5.74) is 0.834. The first-order valence-electron chi connectivity index (χ1n) is 5.71. The molecule has 102 valence electrons. The molecule has 0 saturated heterocycles. The van der Waals surface area contributed by atoms with E-state index in [9.17, 15) is 9.59 Å². The molecule has 0 amide bonds. The van der Waals surface area contributed by atoms with E-state index in [4.69, 9.17) is 10.2 Å². The number of carboxylic acid groups (broad SMARTS) is 2. The molecular formula is C13H14BrNO4. The smallest absolute Gasteiger partial charge is 0.307 e. The largest absolute Gasteiger partial charge is 1.00 e. The van der Waals surface area contributed by atoms with Crippen LogP contribution in [0.1, 0.15) is 12.8 Å². The van der Waals surface area contributed by atoms with Crippen LogP contribution < -0.4 is 21.5 Å². The highest BCUT2D eigenvalue weighted by atomic mass is 79.9. The zero-order valence-electron chi connectivity index (χ0n) is 10.1. The van der Waals surface area contributed by atoms with Crippen molar-refractivity contribution < 1.29 is 41.4 Å². The van der Waals surface area contributed by atoms with Gasteiger partial charge in [0.15, 0.2) is 18.1 Å². The second-order valence-corrected chi connectivity index (χ2v) is 4.31. The molecule has 0 unspecified atom stereocenters. The van der Waals surface area contributed by atoms with Crippen LogP contribution in [0.5, 0.6) is 0 Å². The summed E-state index contributed by atoms with van der Waals surface area (Å²) in [5.74, 6) is -3.80. The van der Waals surface area contributed by atoms with Crippen molar-refractivity contribution in [2.45, 2.75) is 12.8 Å². The fourth-order valence-corrected chi connectivity index (χ4v) is 2.21. The maximum Gasteiger partial charge on any atom is 0.307 e. The van der Waals surface area contributed by atoms with Crippen molar-refractivity contribution in [1.82, 2.24) is 0 Å². The number of allylic oxidation sites excluding steroid dienone is 2. The zero-order chi connectivity index (χ0) is 13.1. The molecule has 2 atom stereocenters. The van der Waals surface area contributed by atoms with E-state index in [1.165, 1.54) is 0 Å². The van der Waals surface area contributed by atoms with Gasteiger partial charge in [-0.1, -0.05) is 6.07 Å². The van der Waals surface area contributed by atoms with Gasteiger partial charge in [0.2, 0.25) is 0 Å². The molecule has 0 radical (unpaired) electrons. The topological polar surface area (TPSA) is 78.5 Å². The maximum atomic E-state index is 11.1. The van der Waals surface area contributed by atoms with E-state index < -0.39 is 23.8 Å². The second kappa shape index (κ2) is 6.47. The molecule has 1 heterocycles. The Bertz CT molecular complexity index is 501. The summed E-state index contributed by atoms with van der Waals surface area (Å²) in [6.07, 6.45) is 5.94. The van der Waals surface area contributed by atoms with Crippen molar-refractivity contribution in [3.05, 3.63) is 36.7 Å². The molecule has 0 aliphatic heterocycles. The summed E-state index contributed by atoms with van der Waals surface area (Å²) < 4.78 is 1.83. The third kappa shape index (κ3) is 3.41. The van der Waals surface area contributed by atoms with E-state index in [-0.39, 0.29) is 29.8 Å². The van der Waals surface area contributed by atoms with Crippen molar-refractivity contribution in [3.63, 3.8) is 0 Å². The molecule has 0 fully saturated rings. The number of aliphatic carboxylic acids is 2. The van der Waals surface area contributed by atoms with Gasteiger partial charge in [-0.05, 0) is 12.5 Å². The van der Waals surface area contributed by atoms with Crippen molar-refractivity contribution >= 4 is 17.6 Å². The maximum absolute atomic E-state index is 11.1. The average molecular weight is 328 g/mol. The quantitative estimate of drug-likeness (QED) is 0.630. The first kappa shape index (κ1) is 15.4. The van der Waals surface area contributed by atoms with Crippen LogP contribution in [0.3, 0.4) is 0 Å². The second-order valence-electron chi connectivity index (χ2n) is 4.31. The monoisotopic (exact) mass is 327 g/mol. The molecule has 2 rings (SSSR count). The molecule has 0 bridgehead atoms. The summed E-state index contributed by atoms with van der Waals surface area (Å²) in [4.78, 5) is 22.2. The molecule has 2 N–H and O–H groups in total. The number of halogens is 1. The number of carboxylic acids is 2. The number of hydrogen-bond donors (Lipinski definition) is 2. The molecule has 0 saturated carbocycles. The Kier molecular flexibility index (Phi) is 5.23. The number of carbonyl (C=O) groups is 2. The predicted octanol–water partition coefficient (Wildman–Crippen LogP) is -1.99. The summed E-state index contributed by atoms with van der Waals surface area (Å²) >= 11 is 0. The minimum Gasteiger partial charge on any atom is -1.00 e. The van der Waals surface area contributed by atoms with Crippen LogP contribution in [0, 0.1) is 11.8 Å². The van der Waals surface area contributed by atoms with E-state index >= 15 is 0 Å². The van der Waals surface area contributed by atoms with Gasteiger partial charge in [0, 0.05) is 18.6 Å². The lowest BCUT2D eigenvalue weighted by Crippen LogP contribution is -3.00. The van der Waals surface area contributed by atoms with E-state index in [1.54, 1.807) is 6.08 Å². The minimum atomic E-state index is -1.05. The van der Waals surface area contributed by atoms with Gasteiger partial charge in [0.25, 0.3) is 0 Å². The Morgan fingerprint density at radius 1 is 1.05 bits per heavy atom. The van der Waals surface area contributed by atoms with Gasteiger partial charge in [0.05, 0.1) is 11.8 Å². The average Bonchev–Trinajstić information content (AvgIpc) is 2.39. The summed E-state index contributed by atoms with van der Waals surface area (Å²) in [5, 5.41) is 18.1. The van der Waals surface area contributed by atoms with Crippen LogP contribution in [-0.4, -0.2) is 22.2 Å². The first-order valence-corrected chi connectivity index (χ1v) is 5.71. The van der Waals surface area contributed by atoms with Crippen LogP contribution >= 0.6 is 0 Å². The molecule has 5 nitrogen and oxygen atoms in total.